The molecule has 1 aromatic carbocycles. The van der Waals surface area contributed by atoms with Gasteiger partial charge in [-0.05, 0) is 37.1 Å². The van der Waals surface area contributed by atoms with Crippen LogP contribution in [0, 0.1) is 13.8 Å². The second-order valence-corrected chi connectivity index (χ2v) is 4.02. The fraction of sp³-hybridized carbons (Fsp3) is 0.214. The van der Waals surface area contributed by atoms with Crippen LogP contribution in [0.25, 0.3) is 0 Å². The Kier molecular flexibility index (Phi) is 3.02. The number of aromatic nitrogens is 1. The summed E-state index contributed by atoms with van der Waals surface area (Å²) in [7, 11) is 0. The maximum absolute atomic E-state index is 10.2. The molecule has 2 rings (SSSR count). The SMILES string of the molecule is Cc1ccc([C@@H](O)c2ccccn2)c(C)c1. The smallest absolute Gasteiger partial charge is 0.121 e. The third kappa shape index (κ3) is 2.12. The Balaban J connectivity index is 2.38. The fourth-order valence-corrected chi connectivity index (χ4v) is 1.83. The van der Waals surface area contributed by atoms with Gasteiger partial charge >= 0.3 is 0 Å². The maximum atomic E-state index is 10.2. The molecule has 0 saturated heterocycles. The largest absolute Gasteiger partial charge is 0.382 e. The number of aliphatic hydroxyl groups is 1. The van der Waals surface area contributed by atoms with E-state index < -0.39 is 6.10 Å². The van der Waals surface area contributed by atoms with Crippen LogP contribution in [-0.4, -0.2) is 10.1 Å². The highest BCUT2D eigenvalue weighted by Gasteiger charge is 2.13. The van der Waals surface area contributed by atoms with Gasteiger partial charge in [-0.25, -0.2) is 0 Å². The molecule has 16 heavy (non-hydrogen) atoms. The molecule has 1 aromatic heterocycles. The van der Waals surface area contributed by atoms with Crippen molar-refractivity contribution in [3.05, 3.63) is 65.0 Å². The fourth-order valence-electron chi connectivity index (χ4n) is 1.83. The van der Waals surface area contributed by atoms with Gasteiger partial charge in [-0.15, -0.1) is 0 Å². The standard InChI is InChI=1S/C14H15NO/c1-10-6-7-12(11(2)9-10)14(16)13-5-3-4-8-15-13/h3-9,14,16H,1-2H3/t14-/m1/s1. The van der Waals surface area contributed by atoms with Crippen LogP contribution in [0.1, 0.15) is 28.5 Å². The lowest BCUT2D eigenvalue weighted by molar-refractivity contribution is 0.214. The van der Waals surface area contributed by atoms with Gasteiger partial charge < -0.3 is 5.11 Å². The number of hydrogen-bond donors (Lipinski definition) is 1. The van der Waals surface area contributed by atoms with Crippen molar-refractivity contribution in [3.63, 3.8) is 0 Å². The van der Waals surface area contributed by atoms with Gasteiger partial charge in [0.1, 0.15) is 6.10 Å². The summed E-state index contributed by atoms with van der Waals surface area (Å²) < 4.78 is 0. The summed E-state index contributed by atoms with van der Waals surface area (Å²) in [6.07, 6.45) is 1.06. The van der Waals surface area contributed by atoms with Crippen LogP contribution in [0.3, 0.4) is 0 Å². The Bertz CT molecular complexity index is 479. The molecule has 2 nitrogen and oxygen atoms in total. The van der Waals surface area contributed by atoms with Crippen molar-refractivity contribution in [2.75, 3.05) is 0 Å². The predicted octanol–water partition coefficient (Wildman–Crippen LogP) is 2.78. The molecule has 0 aliphatic heterocycles. The molecule has 1 heterocycles. The Hall–Kier alpha value is -1.67. The zero-order chi connectivity index (χ0) is 11.5. The average Bonchev–Trinajstić information content (AvgIpc) is 2.29. The number of pyridine rings is 1. The molecule has 2 aromatic rings. The highest BCUT2D eigenvalue weighted by molar-refractivity contribution is 5.35. The van der Waals surface area contributed by atoms with Gasteiger partial charge in [0, 0.05) is 6.20 Å². The molecule has 0 aliphatic carbocycles. The zero-order valence-electron chi connectivity index (χ0n) is 9.51. The van der Waals surface area contributed by atoms with Crippen LogP contribution < -0.4 is 0 Å². The van der Waals surface area contributed by atoms with E-state index in [9.17, 15) is 5.11 Å². The van der Waals surface area contributed by atoms with Gasteiger partial charge in [0.05, 0.1) is 5.69 Å². The summed E-state index contributed by atoms with van der Waals surface area (Å²) in [5.74, 6) is 0. The zero-order valence-corrected chi connectivity index (χ0v) is 9.51. The quantitative estimate of drug-likeness (QED) is 0.832. The summed E-state index contributed by atoms with van der Waals surface area (Å²) in [5, 5.41) is 10.2. The van der Waals surface area contributed by atoms with E-state index in [1.54, 1.807) is 6.20 Å². The first-order valence-corrected chi connectivity index (χ1v) is 5.34. The number of benzene rings is 1. The number of nitrogens with zero attached hydrogens (tertiary/aromatic N) is 1. The molecule has 1 N–H and O–H groups in total. The van der Waals surface area contributed by atoms with E-state index in [0.717, 1.165) is 11.1 Å². The lowest BCUT2D eigenvalue weighted by Crippen LogP contribution is -2.03. The number of rotatable bonds is 2. The molecule has 0 spiro atoms. The minimum Gasteiger partial charge on any atom is -0.382 e. The molecule has 2 heteroatoms. The minimum absolute atomic E-state index is 0.637. The monoisotopic (exact) mass is 213 g/mol. The first-order valence-electron chi connectivity index (χ1n) is 5.34. The van der Waals surface area contributed by atoms with Crippen molar-refractivity contribution in [1.29, 1.82) is 0 Å². The van der Waals surface area contributed by atoms with Crippen LogP contribution >= 0.6 is 0 Å². The van der Waals surface area contributed by atoms with Gasteiger partial charge in [0.25, 0.3) is 0 Å². The summed E-state index contributed by atoms with van der Waals surface area (Å²) in [6, 6.07) is 11.6. The molecule has 0 aliphatic rings. The maximum Gasteiger partial charge on any atom is 0.121 e. The Morgan fingerprint density at radius 3 is 2.56 bits per heavy atom. The van der Waals surface area contributed by atoms with Crippen molar-refractivity contribution < 1.29 is 5.11 Å². The minimum atomic E-state index is -0.637. The molecule has 0 unspecified atom stereocenters. The third-order valence-electron chi connectivity index (χ3n) is 2.69. The Morgan fingerprint density at radius 2 is 1.94 bits per heavy atom. The summed E-state index contributed by atoms with van der Waals surface area (Å²) in [6.45, 7) is 4.05. The average molecular weight is 213 g/mol. The number of aliphatic hydroxyl groups excluding tert-OH is 1. The van der Waals surface area contributed by atoms with E-state index in [4.69, 9.17) is 0 Å². The van der Waals surface area contributed by atoms with Crippen LogP contribution in [0.5, 0.6) is 0 Å². The van der Waals surface area contributed by atoms with Crippen molar-refractivity contribution in [2.45, 2.75) is 20.0 Å². The summed E-state index contributed by atoms with van der Waals surface area (Å²) in [4.78, 5) is 4.17. The summed E-state index contributed by atoms with van der Waals surface area (Å²) in [5.41, 5.74) is 3.91. The van der Waals surface area contributed by atoms with Gasteiger partial charge in [0.2, 0.25) is 0 Å². The van der Waals surface area contributed by atoms with E-state index in [-0.39, 0.29) is 0 Å². The lowest BCUT2D eigenvalue weighted by atomic mass is 9.99. The number of aryl methyl sites for hydroxylation is 2. The van der Waals surface area contributed by atoms with E-state index >= 15 is 0 Å². The molecule has 0 bridgehead atoms. The van der Waals surface area contributed by atoms with E-state index in [1.807, 2.05) is 44.2 Å². The van der Waals surface area contributed by atoms with E-state index in [2.05, 4.69) is 11.1 Å². The summed E-state index contributed by atoms with van der Waals surface area (Å²) >= 11 is 0. The normalized spacial score (nSPS) is 12.4. The van der Waals surface area contributed by atoms with Crippen molar-refractivity contribution in [3.8, 4) is 0 Å². The lowest BCUT2D eigenvalue weighted by Gasteiger charge is -2.13. The molecular weight excluding hydrogens is 198 g/mol. The van der Waals surface area contributed by atoms with Crippen molar-refractivity contribution in [1.82, 2.24) is 4.98 Å². The van der Waals surface area contributed by atoms with Crippen molar-refractivity contribution >= 4 is 0 Å². The van der Waals surface area contributed by atoms with Crippen LogP contribution in [0.4, 0.5) is 0 Å². The molecule has 0 fully saturated rings. The highest BCUT2D eigenvalue weighted by atomic mass is 16.3. The topological polar surface area (TPSA) is 33.1 Å². The molecule has 0 radical (unpaired) electrons. The number of hydrogen-bond acceptors (Lipinski definition) is 2. The van der Waals surface area contributed by atoms with Gasteiger partial charge in [-0.1, -0.05) is 29.8 Å². The Labute approximate surface area is 95.6 Å². The second-order valence-electron chi connectivity index (χ2n) is 4.02. The predicted molar refractivity (Wildman–Crippen MR) is 64.2 cm³/mol. The van der Waals surface area contributed by atoms with E-state index in [0.29, 0.717) is 5.69 Å². The molecule has 82 valence electrons. The molecular formula is C14H15NO. The van der Waals surface area contributed by atoms with E-state index in [1.165, 1.54) is 5.56 Å². The first kappa shape index (κ1) is 10.8. The first-order chi connectivity index (χ1) is 7.68. The van der Waals surface area contributed by atoms with Crippen molar-refractivity contribution in [2.24, 2.45) is 0 Å². The second kappa shape index (κ2) is 4.45. The van der Waals surface area contributed by atoms with Gasteiger partial charge in [0.15, 0.2) is 0 Å². The Morgan fingerprint density at radius 1 is 1.12 bits per heavy atom. The van der Waals surface area contributed by atoms with Crippen LogP contribution in [0.2, 0.25) is 0 Å². The third-order valence-corrected chi connectivity index (χ3v) is 2.69. The highest BCUT2D eigenvalue weighted by Crippen LogP contribution is 2.23. The molecule has 1 atom stereocenters. The van der Waals surface area contributed by atoms with Gasteiger partial charge in [-0.2, -0.15) is 0 Å². The van der Waals surface area contributed by atoms with Crippen LogP contribution in [0.15, 0.2) is 42.6 Å². The molecule has 0 amide bonds. The van der Waals surface area contributed by atoms with Crippen LogP contribution in [-0.2, 0) is 0 Å². The molecule has 0 saturated carbocycles. The van der Waals surface area contributed by atoms with Gasteiger partial charge in [-0.3, -0.25) is 4.98 Å².